The molecule has 0 radical (unpaired) electrons. The summed E-state index contributed by atoms with van der Waals surface area (Å²) in [5.74, 6) is -1.96. The molecule has 5 rings (SSSR count). The smallest absolute Gasteiger partial charge is 0.351 e. The molecular formula is C27H21N7O9S. The minimum absolute atomic E-state index is 0.0365. The van der Waals surface area contributed by atoms with Crippen LogP contribution in [0.2, 0.25) is 0 Å². The van der Waals surface area contributed by atoms with Gasteiger partial charge in [-0.3, -0.25) is 25.2 Å². The number of hydrogen-bond donors (Lipinski definition) is 8. The molecule has 1 heterocycles. The van der Waals surface area contributed by atoms with E-state index in [0.29, 0.717) is 0 Å². The Morgan fingerprint density at radius 2 is 1.59 bits per heavy atom. The van der Waals surface area contributed by atoms with Gasteiger partial charge in [0.1, 0.15) is 5.75 Å². The largest absolute Gasteiger partial charge is 0.505 e. The van der Waals surface area contributed by atoms with E-state index < -0.39 is 32.4 Å². The van der Waals surface area contributed by atoms with E-state index in [1.54, 1.807) is 24.3 Å². The molecule has 44 heavy (non-hydrogen) atoms. The minimum Gasteiger partial charge on any atom is -0.505 e. The molecular weight excluding hydrogens is 598 g/mol. The summed E-state index contributed by atoms with van der Waals surface area (Å²) >= 11 is 0. The van der Waals surface area contributed by atoms with E-state index >= 15 is 0 Å². The number of aromatic amines is 1. The molecule has 0 bridgehead atoms. The average Bonchev–Trinajstić information content (AvgIpc) is 2.97. The summed E-state index contributed by atoms with van der Waals surface area (Å²) in [6, 6.07) is 17.2. The molecule has 0 amide bonds. The highest BCUT2D eigenvalue weighted by Gasteiger charge is 2.19. The quantitative estimate of drug-likeness (QED) is 0.0457. The molecule has 0 aliphatic rings. The summed E-state index contributed by atoms with van der Waals surface area (Å²) < 4.78 is 38.7. The SMILES string of the molecule is O=COc1ccccc1Nc1nc(Nc2cc(S(=O)(=O)O)cc3ccc(NNc4ccccc4C(=O)O)c(O)c23)[nH]c(=O)n1. The van der Waals surface area contributed by atoms with Crippen molar-refractivity contribution in [1.29, 1.82) is 0 Å². The lowest BCUT2D eigenvalue weighted by Gasteiger charge is -2.17. The van der Waals surface area contributed by atoms with Crippen LogP contribution in [0.25, 0.3) is 10.8 Å². The number of H-pyrrole nitrogens is 1. The van der Waals surface area contributed by atoms with Crippen molar-refractivity contribution in [2.24, 2.45) is 0 Å². The fourth-order valence-corrected chi connectivity index (χ4v) is 4.70. The fourth-order valence-electron chi connectivity index (χ4n) is 4.15. The van der Waals surface area contributed by atoms with Gasteiger partial charge in [-0.05, 0) is 47.9 Å². The Bertz CT molecular complexity index is 2080. The van der Waals surface area contributed by atoms with Gasteiger partial charge < -0.3 is 25.6 Å². The lowest BCUT2D eigenvalue weighted by molar-refractivity contribution is -0.120. The first-order chi connectivity index (χ1) is 21.0. The van der Waals surface area contributed by atoms with Crippen molar-refractivity contribution in [2.45, 2.75) is 4.90 Å². The molecule has 4 aromatic carbocycles. The lowest BCUT2D eigenvalue weighted by atomic mass is 10.1. The van der Waals surface area contributed by atoms with E-state index in [0.717, 1.165) is 12.1 Å². The molecule has 5 aromatic rings. The Labute approximate surface area is 247 Å². The van der Waals surface area contributed by atoms with Gasteiger partial charge in [-0.2, -0.15) is 18.4 Å². The van der Waals surface area contributed by atoms with Gasteiger partial charge in [-0.25, -0.2) is 9.59 Å². The Hall–Kier alpha value is -6.20. The number of nitrogens with zero attached hydrogens (tertiary/aromatic N) is 2. The van der Waals surface area contributed by atoms with Crippen molar-refractivity contribution in [3.8, 4) is 11.5 Å². The van der Waals surface area contributed by atoms with Crippen LogP contribution in [0, 0.1) is 0 Å². The van der Waals surface area contributed by atoms with Crippen LogP contribution in [0.1, 0.15) is 10.4 Å². The molecule has 0 saturated carbocycles. The molecule has 17 heteroatoms. The number of nitrogens with one attached hydrogen (secondary N) is 5. The zero-order chi connectivity index (χ0) is 31.4. The van der Waals surface area contributed by atoms with Crippen LogP contribution < -0.4 is 31.9 Å². The topological polar surface area (TPSA) is 245 Å². The van der Waals surface area contributed by atoms with Crippen LogP contribution in [0.5, 0.6) is 11.5 Å². The number of phenols is 1. The van der Waals surface area contributed by atoms with Crippen LogP contribution in [-0.4, -0.2) is 50.6 Å². The molecule has 224 valence electrons. The molecule has 8 N–H and O–H groups in total. The predicted octanol–water partition coefficient (Wildman–Crippen LogP) is 3.43. The van der Waals surface area contributed by atoms with E-state index in [4.69, 9.17) is 4.74 Å². The van der Waals surface area contributed by atoms with Crippen LogP contribution in [0.4, 0.5) is 34.6 Å². The zero-order valence-corrected chi connectivity index (χ0v) is 22.9. The molecule has 0 aliphatic carbocycles. The van der Waals surface area contributed by atoms with Gasteiger partial charge in [0.05, 0.1) is 33.2 Å². The van der Waals surface area contributed by atoms with Gasteiger partial charge in [0, 0.05) is 5.39 Å². The van der Waals surface area contributed by atoms with Crippen molar-refractivity contribution in [1.82, 2.24) is 15.0 Å². The molecule has 0 spiro atoms. The number of ether oxygens (including phenoxy) is 1. The number of para-hydroxylation sites is 3. The summed E-state index contributed by atoms with van der Waals surface area (Å²) in [6.45, 7) is 0.218. The van der Waals surface area contributed by atoms with Crippen molar-refractivity contribution >= 4 is 68.0 Å². The Morgan fingerprint density at radius 3 is 2.32 bits per heavy atom. The number of carbonyl (C=O) groups excluding carboxylic acids is 1. The number of rotatable bonds is 11. The zero-order valence-electron chi connectivity index (χ0n) is 22.1. The average molecular weight is 620 g/mol. The molecule has 16 nitrogen and oxygen atoms in total. The number of carbonyl (C=O) groups is 2. The maximum absolute atomic E-state index is 12.4. The first-order valence-electron chi connectivity index (χ1n) is 12.4. The van der Waals surface area contributed by atoms with Crippen molar-refractivity contribution in [2.75, 3.05) is 21.5 Å². The summed E-state index contributed by atoms with van der Waals surface area (Å²) in [6.07, 6.45) is 0. The van der Waals surface area contributed by atoms with Gasteiger partial charge in [0.25, 0.3) is 16.6 Å². The van der Waals surface area contributed by atoms with Gasteiger partial charge in [0.2, 0.25) is 11.9 Å². The van der Waals surface area contributed by atoms with Crippen molar-refractivity contribution < 1.29 is 37.5 Å². The van der Waals surface area contributed by atoms with E-state index in [1.165, 1.54) is 36.4 Å². The van der Waals surface area contributed by atoms with Crippen LogP contribution in [-0.2, 0) is 14.9 Å². The normalized spacial score (nSPS) is 11.0. The maximum atomic E-state index is 12.4. The standard InChI is InChI=1S/C27H21N7O9S/c35-13-43-21-8-4-3-7-18(21)28-25-30-26(32-27(39)31-25)29-20-12-15(44(40,41)42)11-14-9-10-19(23(36)22(14)20)34-33-17-6-2-1-5-16(17)24(37)38/h1-13,33-34,36H,(H,37,38)(H,40,41,42)(H3,28,29,30,31,32,39). The monoisotopic (exact) mass is 619 g/mol. The van der Waals surface area contributed by atoms with Gasteiger partial charge in [-0.15, -0.1) is 0 Å². The summed E-state index contributed by atoms with van der Waals surface area (Å²) in [5.41, 5.74) is 4.92. The Balaban J connectivity index is 1.55. The number of aromatic nitrogens is 3. The van der Waals surface area contributed by atoms with Gasteiger partial charge in [0.15, 0.2) is 5.75 Å². The van der Waals surface area contributed by atoms with Gasteiger partial charge >= 0.3 is 11.7 Å². The first-order valence-corrected chi connectivity index (χ1v) is 13.8. The highest BCUT2D eigenvalue weighted by atomic mass is 32.2. The highest BCUT2D eigenvalue weighted by Crippen LogP contribution is 2.40. The number of anilines is 6. The molecule has 0 atom stereocenters. The van der Waals surface area contributed by atoms with E-state index in [1.807, 2.05) is 0 Å². The molecule has 0 aliphatic heterocycles. The number of hydrazine groups is 1. The van der Waals surface area contributed by atoms with E-state index in [-0.39, 0.29) is 63.2 Å². The second-order valence-corrected chi connectivity index (χ2v) is 10.3. The van der Waals surface area contributed by atoms with Crippen LogP contribution in [0.15, 0.2) is 82.5 Å². The molecule has 0 unspecified atom stereocenters. The summed E-state index contributed by atoms with van der Waals surface area (Å²) in [7, 11) is -4.72. The third-order valence-electron chi connectivity index (χ3n) is 6.06. The first kappa shape index (κ1) is 29.3. The van der Waals surface area contributed by atoms with E-state index in [9.17, 15) is 37.6 Å². The number of fused-ring (bicyclic) bond motifs is 1. The number of carboxylic acids is 1. The minimum atomic E-state index is -4.72. The van der Waals surface area contributed by atoms with E-state index in [2.05, 4.69) is 36.4 Å². The number of aromatic hydroxyl groups is 1. The van der Waals surface area contributed by atoms with Crippen LogP contribution in [0.3, 0.4) is 0 Å². The molecule has 1 aromatic heterocycles. The Kier molecular flexibility index (Phi) is 7.96. The maximum Gasteiger partial charge on any atom is 0.351 e. The van der Waals surface area contributed by atoms with Crippen molar-refractivity contribution in [3.05, 3.63) is 88.8 Å². The summed E-state index contributed by atoms with van der Waals surface area (Å²) in [4.78, 5) is 44.5. The number of phenolic OH excluding ortho intramolecular Hbond substituents is 1. The predicted molar refractivity (Wildman–Crippen MR) is 158 cm³/mol. The Morgan fingerprint density at radius 1 is 0.886 bits per heavy atom. The van der Waals surface area contributed by atoms with Crippen LogP contribution >= 0.6 is 0 Å². The second kappa shape index (κ2) is 12.0. The van der Waals surface area contributed by atoms with Crippen molar-refractivity contribution in [3.63, 3.8) is 0 Å². The third-order valence-corrected chi connectivity index (χ3v) is 6.89. The second-order valence-electron chi connectivity index (χ2n) is 8.89. The number of hydrogen-bond acceptors (Lipinski definition) is 13. The molecule has 0 saturated heterocycles. The highest BCUT2D eigenvalue weighted by molar-refractivity contribution is 7.85. The van der Waals surface area contributed by atoms with Gasteiger partial charge in [-0.1, -0.05) is 30.3 Å². The number of carboxylic acid groups (broad SMARTS) is 1. The number of benzene rings is 4. The third kappa shape index (κ3) is 6.32. The summed E-state index contributed by atoms with van der Waals surface area (Å²) in [5, 5.41) is 26.3. The lowest BCUT2D eigenvalue weighted by Crippen LogP contribution is -2.17. The fraction of sp³-hybridized carbons (Fsp3) is 0. The number of aromatic carboxylic acids is 1. The molecule has 0 fully saturated rings.